The SMILES string of the molecule is CC(N)CCC(=O)Nc1ccc(-c2cn3ccsc3n2)cc1. The van der Waals surface area contributed by atoms with Gasteiger partial charge in [-0.25, -0.2) is 4.98 Å². The van der Waals surface area contributed by atoms with Crippen molar-refractivity contribution in [2.75, 3.05) is 5.32 Å². The van der Waals surface area contributed by atoms with Crippen LogP contribution in [0.1, 0.15) is 19.8 Å². The summed E-state index contributed by atoms with van der Waals surface area (Å²) in [6, 6.07) is 7.77. The molecule has 1 aromatic carbocycles. The molecule has 3 rings (SSSR count). The minimum atomic E-state index is -0.00689. The monoisotopic (exact) mass is 314 g/mol. The zero-order valence-corrected chi connectivity index (χ0v) is 13.1. The van der Waals surface area contributed by atoms with E-state index in [-0.39, 0.29) is 11.9 Å². The molecule has 0 bridgehead atoms. The third-order valence-corrected chi connectivity index (χ3v) is 4.16. The van der Waals surface area contributed by atoms with Gasteiger partial charge in [0.15, 0.2) is 4.96 Å². The Morgan fingerprint density at radius 1 is 1.41 bits per heavy atom. The van der Waals surface area contributed by atoms with E-state index in [2.05, 4.69) is 10.3 Å². The first-order valence-corrected chi connectivity index (χ1v) is 8.08. The first kappa shape index (κ1) is 14.7. The van der Waals surface area contributed by atoms with Crippen LogP contribution in [0.25, 0.3) is 16.2 Å². The topological polar surface area (TPSA) is 72.4 Å². The van der Waals surface area contributed by atoms with Crippen LogP contribution < -0.4 is 11.1 Å². The molecule has 0 spiro atoms. The number of aromatic nitrogens is 2. The Balaban J connectivity index is 1.67. The third kappa shape index (κ3) is 3.35. The third-order valence-electron chi connectivity index (χ3n) is 3.38. The van der Waals surface area contributed by atoms with E-state index in [9.17, 15) is 4.79 Å². The maximum atomic E-state index is 11.8. The molecule has 3 N–H and O–H groups in total. The molecule has 1 unspecified atom stereocenters. The molecule has 0 saturated carbocycles. The molecule has 6 heteroatoms. The zero-order chi connectivity index (χ0) is 15.5. The Morgan fingerprint density at radius 2 is 2.18 bits per heavy atom. The van der Waals surface area contributed by atoms with Crippen molar-refractivity contribution in [2.24, 2.45) is 5.73 Å². The second-order valence-corrected chi connectivity index (χ2v) is 6.23. The molecule has 1 atom stereocenters. The number of anilines is 1. The van der Waals surface area contributed by atoms with Crippen molar-refractivity contribution in [3.05, 3.63) is 42.0 Å². The van der Waals surface area contributed by atoms with E-state index in [1.807, 2.05) is 53.4 Å². The molecule has 0 aliphatic heterocycles. The summed E-state index contributed by atoms with van der Waals surface area (Å²) in [5.74, 6) is -0.00689. The number of hydrogen-bond acceptors (Lipinski definition) is 4. The Kier molecular flexibility index (Phi) is 4.22. The lowest BCUT2D eigenvalue weighted by Gasteiger charge is -2.07. The number of nitrogens with one attached hydrogen (secondary N) is 1. The van der Waals surface area contributed by atoms with Gasteiger partial charge in [-0.3, -0.25) is 9.20 Å². The quantitative estimate of drug-likeness (QED) is 0.760. The van der Waals surface area contributed by atoms with Gasteiger partial charge in [-0.05, 0) is 25.5 Å². The van der Waals surface area contributed by atoms with E-state index in [0.29, 0.717) is 12.8 Å². The summed E-state index contributed by atoms with van der Waals surface area (Å²) in [4.78, 5) is 17.3. The van der Waals surface area contributed by atoms with Crippen LogP contribution in [-0.2, 0) is 4.79 Å². The summed E-state index contributed by atoms with van der Waals surface area (Å²) in [5, 5.41) is 4.89. The van der Waals surface area contributed by atoms with E-state index >= 15 is 0 Å². The molecule has 0 aliphatic rings. The van der Waals surface area contributed by atoms with E-state index in [0.717, 1.165) is 21.9 Å². The largest absolute Gasteiger partial charge is 0.328 e. The molecule has 3 aromatic rings. The van der Waals surface area contributed by atoms with Crippen molar-refractivity contribution in [1.82, 2.24) is 9.38 Å². The van der Waals surface area contributed by atoms with E-state index in [1.165, 1.54) is 0 Å². The fourth-order valence-corrected chi connectivity index (χ4v) is 2.87. The van der Waals surface area contributed by atoms with Gasteiger partial charge in [0.05, 0.1) is 5.69 Å². The number of benzene rings is 1. The number of thiazole rings is 1. The van der Waals surface area contributed by atoms with Gasteiger partial charge >= 0.3 is 0 Å². The molecular weight excluding hydrogens is 296 g/mol. The summed E-state index contributed by atoms with van der Waals surface area (Å²) in [7, 11) is 0. The molecule has 0 radical (unpaired) electrons. The Morgan fingerprint density at radius 3 is 2.86 bits per heavy atom. The maximum absolute atomic E-state index is 11.8. The van der Waals surface area contributed by atoms with Crippen LogP contribution in [0.5, 0.6) is 0 Å². The van der Waals surface area contributed by atoms with Gasteiger partial charge in [0.2, 0.25) is 5.91 Å². The lowest BCUT2D eigenvalue weighted by molar-refractivity contribution is -0.116. The highest BCUT2D eigenvalue weighted by Gasteiger charge is 2.07. The zero-order valence-electron chi connectivity index (χ0n) is 12.3. The Bertz CT molecular complexity index is 744. The van der Waals surface area contributed by atoms with Crippen LogP contribution in [0.3, 0.4) is 0 Å². The highest BCUT2D eigenvalue weighted by atomic mass is 32.1. The van der Waals surface area contributed by atoms with E-state index < -0.39 is 0 Å². The molecular formula is C16H18N4OS. The number of hydrogen-bond donors (Lipinski definition) is 2. The summed E-state index contributed by atoms with van der Waals surface area (Å²) in [5.41, 5.74) is 8.41. The van der Waals surface area contributed by atoms with Crippen LogP contribution in [0.4, 0.5) is 5.69 Å². The van der Waals surface area contributed by atoms with E-state index in [1.54, 1.807) is 11.3 Å². The van der Waals surface area contributed by atoms with Crippen molar-refractivity contribution in [3.63, 3.8) is 0 Å². The minimum absolute atomic E-state index is 0.00689. The molecule has 22 heavy (non-hydrogen) atoms. The van der Waals surface area contributed by atoms with Crippen molar-refractivity contribution in [2.45, 2.75) is 25.8 Å². The number of carbonyl (C=O) groups is 1. The molecule has 1 amide bonds. The standard InChI is InChI=1S/C16H18N4OS/c1-11(17)2-7-15(21)18-13-5-3-12(4-6-13)14-10-20-8-9-22-16(20)19-14/h3-6,8-11H,2,7,17H2,1H3,(H,18,21). The second-order valence-electron chi connectivity index (χ2n) is 5.36. The molecule has 114 valence electrons. The Labute approximate surface area is 132 Å². The number of nitrogens with two attached hydrogens (primary N) is 1. The fraction of sp³-hybridized carbons (Fsp3) is 0.250. The van der Waals surface area contributed by atoms with Gasteiger partial charge < -0.3 is 11.1 Å². The summed E-state index contributed by atoms with van der Waals surface area (Å²) >= 11 is 1.61. The number of nitrogens with zero attached hydrogens (tertiary/aromatic N) is 2. The van der Waals surface area contributed by atoms with Crippen molar-refractivity contribution in [3.8, 4) is 11.3 Å². The van der Waals surface area contributed by atoms with Crippen molar-refractivity contribution < 1.29 is 4.79 Å². The van der Waals surface area contributed by atoms with Crippen LogP contribution in [0.15, 0.2) is 42.0 Å². The molecule has 0 fully saturated rings. The van der Waals surface area contributed by atoms with Gasteiger partial charge in [-0.2, -0.15) is 0 Å². The van der Waals surface area contributed by atoms with Gasteiger partial charge in [-0.1, -0.05) is 12.1 Å². The average Bonchev–Trinajstić information content (AvgIpc) is 3.07. The summed E-state index contributed by atoms with van der Waals surface area (Å²) in [6.45, 7) is 1.90. The van der Waals surface area contributed by atoms with Gasteiger partial charge in [0.1, 0.15) is 0 Å². The molecule has 0 saturated heterocycles. The summed E-state index contributed by atoms with van der Waals surface area (Å²) in [6.07, 6.45) is 5.12. The highest BCUT2D eigenvalue weighted by molar-refractivity contribution is 7.15. The number of rotatable bonds is 5. The Hall–Kier alpha value is -2.18. The predicted molar refractivity (Wildman–Crippen MR) is 90.0 cm³/mol. The summed E-state index contributed by atoms with van der Waals surface area (Å²) < 4.78 is 2.00. The second kappa shape index (κ2) is 6.29. The van der Waals surface area contributed by atoms with Crippen molar-refractivity contribution >= 4 is 27.9 Å². The fourth-order valence-electron chi connectivity index (χ4n) is 2.17. The van der Waals surface area contributed by atoms with Crippen LogP contribution in [0.2, 0.25) is 0 Å². The minimum Gasteiger partial charge on any atom is -0.328 e. The lowest BCUT2D eigenvalue weighted by Crippen LogP contribution is -2.19. The normalized spacial score (nSPS) is 12.5. The average molecular weight is 314 g/mol. The van der Waals surface area contributed by atoms with Crippen molar-refractivity contribution in [1.29, 1.82) is 0 Å². The van der Waals surface area contributed by atoms with E-state index in [4.69, 9.17) is 5.73 Å². The van der Waals surface area contributed by atoms with Crippen LogP contribution in [0, 0.1) is 0 Å². The molecule has 0 aliphatic carbocycles. The molecule has 2 heterocycles. The van der Waals surface area contributed by atoms with Gasteiger partial charge in [-0.15, -0.1) is 11.3 Å². The van der Waals surface area contributed by atoms with Crippen LogP contribution in [-0.4, -0.2) is 21.3 Å². The number of imidazole rings is 1. The first-order chi connectivity index (χ1) is 10.6. The number of amides is 1. The van der Waals surface area contributed by atoms with Crippen LogP contribution >= 0.6 is 11.3 Å². The predicted octanol–water partition coefficient (Wildman–Crippen LogP) is 3.13. The smallest absolute Gasteiger partial charge is 0.224 e. The molecule has 5 nitrogen and oxygen atoms in total. The maximum Gasteiger partial charge on any atom is 0.224 e. The lowest BCUT2D eigenvalue weighted by atomic mass is 10.1. The highest BCUT2D eigenvalue weighted by Crippen LogP contribution is 2.23. The molecule has 2 aromatic heterocycles. The first-order valence-electron chi connectivity index (χ1n) is 7.20. The number of fused-ring (bicyclic) bond motifs is 1. The number of carbonyl (C=O) groups excluding carboxylic acids is 1. The van der Waals surface area contributed by atoms with Gasteiger partial charge in [0.25, 0.3) is 0 Å². The van der Waals surface area contributed by atoms with Gasteiger partial charge in [0, 0.05) is 41.5 Å².